The Balaban J connectivity index is 1.82. The summed E-state index contributed by atoms with van der Waals surface area (Å²) in [5.41, 5.74) is 1.55. The predicted molar refractivity (Wildman–Crippen MR) is 98.4 cm³/mol. The average Bonchev–Trinajstić information content (AvgIpc) is 2.56. The number of carbonyl (C=O) groups excluding carboxylic acids is 2. The molecule has 0 saturated carbocycles. The molecule has 7 heteroatoms. The maximum absolute atomic E-state index is 12.4. The van der Waals surface area contributed by atoms with Crippen LogP contribution >= 0.6 is 27.5 Å². The van der Waals surface area contributed by atoms with E-state index in [4.69, 9.17) is 11.6 Å². The van der Waals surface area contributed by atoms with Crippen LogP contribution in [0.4, 0.5) is 11.4 Å². The molecular formula is C17H13BrClN3O2. The normalized spacial score (nSPS) is 14.3. The van der Waals surface area contributed by atoms with E-state index in [9.17, 15) is 9.59 Å². The lowest BCUT2D eigenvalue weighted by molar-refractivity contribution is -0.118. The van der Waals surface area contributed by atoms with E-state index in [1.54, 1.807) is 36.4 Å². The smallest absolute Gasteiger partial charge is 0.271 e. The molecule has 1 aliphatic heterocycles. The van der Waals surface area contributed by atoms with E-state index in [0.717, 1.165) is 4.47 Å². The lowest BCUT2D eigenvalue weighted by Gasteiger charge is -2.23. The molecule has 122 valence electrons. The van der Waals surface area contributed by atoms with E-state index in [-0.39, 0.29) is 18.2 Å². The van der Waals surface area contributed by atoms with Crippen LogP contribution in [0.15, 0.2) is 58.1 Å². The van der Waals surface area contributed by atoms with Crippen molar-refractivity contribution in [3.05, 3.63) is 58.0 Å². The molecule has 0 aliphatic carbocycles. The van der Waals surface area contributed by atoms with Crippen molar-refractivity contribution in [2.75, 3.05) is 10.3 Å². The molecule has 2 aromatic rings. The number of anilines is 2. The van der Waals surface area contributed by atoms with Gasteiger partial charge in [-0.3, -0.25) is 9.59 Å². The van der Waals surface area contributed by atoms with Crippen molar-refractivity contribution >= 4 is 56.4 Å². The number of nitrogens with one attached hydrogen (secondary N) is 1. The first-order valence-electron chi connectivity index (χ1n) is 7.26. The molecule has 1 heterocycles. The molecular weight excluding hydrogens is 394 g/mol. The van der Waals surface area contributed by atoms with Crippen molar-refractivity contribution in [1.82, 2.24) is 0 Å². The average molecular weight is 407 g/mol. The fraction of sp³-hybridized carbons (Fsp3) is 0.118. The third-order valence-corrected chi connectivity index (χ3v) is 4.19. The number of hydrogen-bond donors (Lipinski definition) is 1. The first-order chi connectivity index (χ1) is 11.5. The van der Waals surface area contributed by atoms with Gasteiger partial charge in [0.05, 0.1) is 5.69 Å². The first-order valence-corrected chi connectivity index (χ1v) is 8.43. The minimum Gasteiger partial charge on any atom is -0.321 e. The topological polar surface area (TPSA) is 61.8 Å². The van der Waals surface area contributed by atoms with Crippen LogP contribution in [0.25, 0.3) is 0 Å². The number of benzene rings is 2. The van der Waals surface area contributed by atoms with Gasteiger partial charge in [0.25, 0.3) is 5.91 Å². The Bertz CT molecular complexity index is 821. The molecule has 0 spiro atoms. The second-order valence-electron chi connectivity index (χ2n) is 5.19. The van der Waals surface area contributed by atoms with Gasteiger partial charge in [0.2, 0.25) is 5.91 Å². The van der Waals surface area contributed by atoms with E-state index < -0.39 is 0 Å². The minimum absolute atomic E-state index is 0.156. The Hall–Kier alpha value is -2.18. The van der Waals surface area contributed by atoms with Gasteiger partial charge in [0, 0.05) is 28.0 Å². The highest BCUT2D eigenvalue weighted by Gasteiger charge is 2.25. The van der Waals surface area contributed by atoms with Crippen molar-refractivity contribution in [1.29, 1.82) is 0 Å². The molecule has 0 unspecified atom stereocenters. The van der Waals surface area contributed by atoms with Crippen LogP contribution in [0, 0.1) is 0 Å². The fourth-order valence-corrected chi connectivity index (χ4v) is 2.80. The molecule has 0 aromatic heterocycles. The van der Waals surface area contributed by atoms with Crippen LogP contribution in [-0.2, 0) is 9.59 Å². The standard InChI is InChI=1S/C17H13BrClN3O2/c18-11-2-1-3-13(10-11)20-17(24)15-8-9-16(23)22(21-15)14-6-4-12(19)5-7-14/h1-7,10H,8-9H2,(H,20,24). The third-order valence-electron chi connectivity index (χ3n) is 3.45. The Labute approximate surface area is 152 Å². The molecule has 0 saturated heterocycles. The quantitative estimate of drug-likeness (QED) is 0.829. The lowest BCUT2D eigenvalue weighted by atomic mass is 10.1. The Morgan fingerprint density at radius 1 is 1.17 bits per heavy atom. The van der Waals surface area contributed by atoms with Crippen LogP contribution in [0.5, 0.6) is 0 Å². The van der Waals surface area contributed by atoms with Crippen LogP contribution < -0.4 is 10.3 Å². The molecule has 0 bridgehead atoms. The summed E-state index contributed by atoms with van der Waals surface area (Å²) in [6.45, 7) is 0. The Kier molecular flexibility index (Phi) is 4.97. The zero-order valence-electron chi connectivity index (χ0n) is 12.5. The van der Waals surface area contributed by atoms with Gasteiger partial charge in [-0.2, -0.15) is 5.10 Å². The summed E-state index contributed by atoms with van der Waals surface area (Å²) in [6.07, 6.45) is 0.538. The van der Waals surface area contributed by atoms with Gasteiger partial charge in [0.15, 0.2) is 0 Å². The maximum atomic E-state index is 12.4. The summed E-state index contributed by atoms with van der Waals surface area (Å²) in [5, 5.41) is 8.82. The summed E-state index contributed by atoms with van der Waals surface area (Å²) in [7, 11) is 0. The first kappa shape index (κ1) is 16.7. The van der Waals surface area contributed by atoms with Gasteiger partial charge in [0.1, 0.15) is 5.71 Å². The number of amides is 2. The summed E-state index contributed by atoms with van der Waals surface area (Å²) < 4.78 is 0.865. The van der Waals surface area contributed by atoms with Crippen molar-refractivity contribution in [2.24, 2.45) is 5.10 Å². The molecule has 0 fully saturated rings. The number of halogens is 2. The van der Waals surface area contributed by atoms with E-state index in [1.165, 1.54) is 5.01 Å². The van der Waals surface area contributed by atoms with Gasteiger partial charge >= 0.3 is 0 Å². The van der Waals surface area contributed by atoms with Crippen LogP contribution in [0.3, 0.4) is 0 Å². The summed E-state index contributed by atoms with van der Waals surface area (Å²) in [6, 6.07) is 14.0. The number of nitrogens with zero attached hydrogens (tertiary/aromatic N) is 2. The molecule has 1 N–H and O–H groups in total. The number of carbonyl (C=O) groups is 2. The molecule has 1 aliphatic rings. The van der Waals surface area contributed by atoms with Gasteiger partial charge in [-0.15, -0.1) is 0 Å². The van der Waals surface area contributed by atoms with E-state index in [0.29, 0.717) is 28.5 Å². The number of hydrazone groups is 1. The number of hydrogen-bond acceptors (Lipinski definition) is 3. The highest BCUT2D eigenvalue weighted by atomic mass is 79.9. The lowest BCUT2D eigenvalue weighted by Crippen LogP contribution is -2.36. The Morgan fingerprint density at radius 3 is 2.62 bits per heavy atom. The molecule has 0 radical (unpaired) electrons. The van der Waals surface area contributed by atoms with E-state index in [1.807, 2.05) is 12.1 Å². The van der Waals surface area contributed by atoms with Gasteiger partial charge in [-0.1, -0.05) is 33.6 Å². The largest absolute Gasteiger partial charge is 0.321 e. The van der Waals surface area contributed by atoms with Crippen LogP contribution in [0.2, 0.25) is 5.02 Å². The van der Waals surface area contributed by atoms with E-state index >= 15 is 0 Å². The van der Waals surface area contributed by atoms with Crippen molar-refractivity contribution in [3.63, 3.8) is 0 Å². The van der Waals surface area contributed by atoms with Crippen LogP contribution in [0.1, 0.15) is 12.8 Å². The molecule has 3 rings (SSSR count). The fourth-order valence-electron chi connectivity index (χ4n) is 2.27. The van der Waals surface area contributed by atoms with Crippen molar-refractivity contribution in [3.8, 4) is 0 Å². The molecule has 2 amide bonds. The highest BCUT2D eigenvalue weighted by Crippen LogP contribution is 2.23. The third kappa shape index (κ3) is 3.83. The van der Waals surface area contributed by atoms with Gasteiger partial charge in [-0.05, 0) is 42.5 Å². The van der Waals surface area contributed by atoms with Gasteiger partial charge in [-0.25, -0.2) is 5.01 Å². The van der Waals surface area contributed by atoms with Crippen molar-refractivity contribution in [2.45, 2.75) is 12.8 Å². The second kappa shape index (κ2) is 7.15. The summed E-state index contributed by atoms with van der Waals surface area (Å²) in [4.78, 5) is 24.5. The molecule has 2 aromatic carbocycles. The summed E-state index contributed by atoms with van der Waals surface area (Å²) in [5.74, 6) is -0.476. The minimum atomic E-state index is -0.320. The monoisotopic (exact) mass is 405 g/mol. The second-order valence-corrected chi connectivity index (χ2v) is 6.55. The van der Waals surface area contributed by atoms with Crippen molar-refractivity contribution < 1.29 is 9.59 Å². The summed E-state index contributed by atoms with van der Waals surface area (Å²) >= 11 is 9.22. The number of rotatable bonds is 3. The molecule has 24 heavy (non-hydrogen) atoms. The molecule has 5 nitrogen and oxygen atoms in total. The zero-order valence-corrected chi connectivity index (χ0v) is 14.8. The van der Waals surface area contributed by atoms with E-state index in [2.05, 4.69) is 26.3 Å². The van der Waals surface area contributed by atoms with Gasteiger partial charge < -0.3 is 5.32 Å². The van der Waals surface area contributed by atoms with Crippen LogP contribution in [-0.4, -0.2) is 17.5 Å². The zero-order chi connectivity index (χ0) is 17.1. The highest BCUT2D eigenvalue weighted by molar-refractivity contribution is 9.10. The predicted octanol–water partition coefficient (Wildman–Crippen LogP) is 4.22. The SMILES string of the molecule is O=C(Nc1cccc(Br)c1)C1=NN(c2ccc(Cl)cc2)C(=O)CC1. The molecule has 0 atom stereocenters. The Morgan fingerprint density at radius 2 is 1.92 bits per heavy atom. The maximum Gasteiger partial charge on any atom is 0.271 e.